The minimum Gasteiger partial charge on any atom is -0.370 e. The Morgan fingerprint density at radius 2 is 2.00 bits per heavy atom. The first-order chi connectivity index (χ1) is 10.1. The highest BCUT2D eigenvalue weighted by molar-refractivity contribution is 14.1. The second kappa shape index (κ2) is 6.38. The van der Waals surface area contributed by atoms with E-state index in [-0.39, 0.29) is 0 Å². The molecule has 1 aromatic carbocycles. The van der Waals surface area contributed by atoms with Gasteiger partial charge in [-0.2, -0.15) is 5.10 Å². The molecule has 0 spiro atoms. The Morgan fingerprint density at radius 3 is 2.71 bits per heavy atom. The summed E-state index contributed by atoms with van der Waals surface area (Å²) in [5.74, 6) is 1.85. The van der Waals surface area contributed by atoms with Crippen molar-refractivity contribution in [3.63, 3.8) is 0 Å². The predicted octanol–water partition coefficient (Wildman–Crippen LogP) is 4.42. The molecule has 0 bridgehead atoms. The van der Waals surface area contributed by atoms with Crippen molar-refractivity contribution in [2.45, 2.75) is 39.5 Å². The number of anilines is 1. The summed E-state index contributed by atoms with van der Waals surface area (Å²) in [6.45, 7) is 5.57. The maximum atomic E-state index is 4.93. The van der Waals surface area contributed by atoms with Crippen LogP contribution in [0.4, 0.5) is 5.82 Å². The highest BCUT2D eigenvalue weighted by Gasteiger charge is 2.20. The first-order valence-electron chi connectivity index (χ1n) is 7.75. The standard InChI is InChI=1S/C17H22IN3/c1-12(2)11-16-15-5-3-4-10-19-17(15)21(20-16)14-8-6-13(18)7-9-14/h6-9,12,19H,3-5,10-11H2,1-2H3. The molecule has 1 aliphatic heterocycles. The lowest BCUT2D eigenvalue weighted by molar-refractivity contribution is 0.622. The van der Waals surface area contributed by atoms with Crippen LogP contribution in [0.5, 0.6) is 0 Å². The van der Waals surface area contributed by atoms with E-state index < -0.39 is 0 Å². The molecule has 0 saturated heterocycles. The SMILES string of the molecule is CC(C)Cc1nn(-c2ccc(I)cc2)c2c1CCCCN2. The lowest BCUT2D eigenvalue weighted by Crippen LogP contribution is -2.07. The molecule has 0 saturated carbocycles. The summed E-state index contributed by atoms with van der Waals surface area (Å²) in [6, 6.07) is 8.59. The molecule has 2 heterocycles. The number of halogens is 1. The fourth-order valence-electron chi connectivity index (χ4n) is 2.89. The van der Waals surface area contributed by atoms with Crippen LogP contribution in [-0.4, -0.2) is 16.3 Å². The van der Waals surface area contributed by atoms with Crippen LogP contribution in [0.1, 0.15) is 37.9 Å². The van der Waals surface area contributed by atoms with Gasteiger partial charge in [-0.3, -0.25) is 0 Å². The Bertz CT molecular complexity index is 614. The van der Waals surface area contributed by atoms with Crippen LogP contribution in [0.2, 0.25) is 0 Å². The monoisotopic (exact) mass is 395 g/mol. The molecule has 3 nitrogen and oxygen atoms in total. The van der Waals surface area contributed by atoms with E-state index in [0.717, 1.165) is 25.1 Å². The first kappa shape index (κ1) is 14.9. The number of hydrogen-bond donors (Lipinski definition) is 1. The van der Waals surface area contributed by atoms with E-state index in [4.69, 9.17) is 5.10 Å². The summed E-state index contributed by atoms with van der Waals surface area (Å²) in [6.07, 6.45) is 4.70. The van der Waals surface area contributed by atoms with Gasteiger partial charge in [0.1, 0.15) is 5.82 Å². The summed E-state index contributed by atoms with van der Waals surface area (Å²) < 4.78 is 3.36. The Hall–Kier alpha value is -1.04. The fraction of sp³-hybridized carbons (Fsp3) is 0.471. The molecular formula is C17H22IN3. The quantitative estimate of drug-likeness (QED) is 0.780. The molecule has 3 rings (SSSR count). The van der Waals surface area contributed by atoms with Gasteiger partial charge in [0.25, 0.3) is 0 Å². The van der Waals surface area contributed by atoms with Crippen LogP contribution in [0, 0.1) is 9.49 Å². The molecule has 0 radical (unpaired) electrons. The summed E-state index contributed by atoms with van der Waals surface area (Å²) >= 11 is 2.34. The van der Waals surface area contributed by atoms with Crippen molar-refractivity contribution >= 4 is 28.4 Å². The van der Waals surface area contributed by atoms with Crippen LogP contribution < -0.4 is 5.32 Å². The number of aromatic nitrogens is 2. The number of nitrogens with zero attached hydrogens (tertiary/aromatic N) is 2. The zero-order valence-corrected chi connectivity index (χ0v) is 14.9. The number of hydrogen-bond acceptors (Lipinski definition) is 2. The van der Waals surface area contributed by atoms with E-state index in [1.54, 1.807) is 0 Å². The van der Waals surface area contributed by atoms with Crippen LogP contribution in [0.25, 0.3) is 5.69 Å². The first-order valence-corrected chi connectivity index (χ1v) is 8.83. The fourth-order valence-corrected chi connectivity index (χ4v) is 3.25. The molecule has 0 aliphatic carbocycles. The molecule has 112 valence electrons. The molecular weight excluding hydrogens is 373 g/mol. The van der Waals surface area contributed by atoms with Gasteiger partial charge >= 0.3 is 0 Å². The number of benzene rings is 1. The molecule has 0 amide bonds. The maximum absolute atomic E-state index is 4.93. The van der Waals surface area contributed by atoms with Crippen LogP contribution in [-0.2, 0) is 12.8 Å². The van der Waals surface area contributed by atoms with Gasteiger partial charge in [0, 0.05) is 15.7 Å². The average molecular weight is 395 g/mol. The normalized spacial score (nSPS) is 14.7. The minimum atomic E-state index is 0.637. The van der Waals surface area contributed by atoms with E-state index in [0.29, 0.717) is 5.92 Å². The van der Waals surface area contributed by atoms with Gasteiger partial charge < -0.3 is 5.32 Å². The van der Waals surface area contributed by atoms with Gasteiger partial charge in [-0.05, 0) is 78.5 Å². The topological polar surface area (TPSA) is 29.9 Å². The third-order valence-electron chi connectivity index (χ3n) is 3.89. The molecule has 4 heteroatoms. The van der Waals surface area contributed by atoms with Gasteiger partial charge in [-0.15, -0.1) is 0 Å². The lowest BCUT2D eigenvalue weighted by Gasteiger charge is -2.09. The van der Waals surface area contributed by atoms with Crippen molar-refractivity contribution in [1.29, 1.82) is 0 Å². The number of nitrogens with one attached hydrogen (secondary N) is 1. The van der Waals surface area contributed by atoms with Gasteiger partial charge in [0.2, 0.25) is 0 Å². The largest absolute Gasteiger partial charge is 0.370 e. The van der Waals surface area contributed by atoms with Crippen LogP contribution in [0.15, 0.2) is 24.3 Å². The van der Waals surface area contributed by atoms with Crippen molar-refractivity contribution in [3.8, 4) is 5.69 Å². The third kappa shape index (κ3) is 3.25. The van der Waals surface area contributed by atoms with Crippen molar-refractivity contribution in [1.82, 2.24) is 9.78 Å². The van der Waals surface area contributed by atoms with E-state index in [1.165, 1.54) is 33.5 Å². The number of rotatable bonds is 3. The lowest BCUT2D eigenvalue weighted by atomic mass is 10.0. The molecule has 1 aliphatic rings. The highest BCUT2D eigenvalue weighted by Crippen LogP contribution is 2.29. The Balaban J connectivity index is 2.07. The molecule has 0 atom stereocenters. The Morgan fingerprint density at radius 1 is 1.24 bits per heavy atom. The van der Waals surface area contributed by atoms with Crippen LogP contribution >= 0.6 is 22.6 Å². The molecule has 2 aromatic rings. The van der Waals surface area contributed by atoms with Crippen molar-refractivity contribution in [2.24, 2.45) is 5.92 Å². The zero-order chi connectivity index (χ0) is 14.8. The smallest absolute Gasteiger partial charge is 0.133 e. The van der Waals surface area contributed by atoms with Crippen molar-refractivity contribution in [2.75, 3.05) is 11.9 Å². The van der Waals surface area contributed by atoms with E-state index in [2.05, 4.69) is 70.7 Å². The highest BCUT2D eigenvalue weighted by atomic mass is 127. The summed E-state index contributed by atoms with van der Waals surface area (Å²) in [5, 5.41) is 8.52. The molecule has 0 unspecified atom stereocenters. The van der Waals surface area contributed by atoms with Gasteiger partial charge in [-0.1, -0.05) is 13.8 Å². The molecule has 0 fully saturated rings. The second-order valence-corrected chi connectivity index (χ2v) is 7.39. The third-order valence-corrected chi connectivity index (χ3v) is 4.60. The summed E-state index contributed by atoms with van der Waals surface area (Å²) in [4.78, 5) is 0. The molecule has 21 heavy (non-hydrogen) atoms. The summed E-state index contributed by atoms with van der Waals surface area (Å²) in [7, 11) is 0. The predicted molar refractivity (Wildman–Crippen MR) is 96.3 cm³/mol. The minimum absolute atomic E-state index is 0.637. The van der Waals surface area contributed by atoms with E-state index in [9.17, 15) is 0 Å². The van der Waals surface area contributed by atoms with Gasteiger partial charge in [-0.25, -0.2) is 4.68 Å². The maximum Gasteiger partial charge on any atom is 0.133 e. The molecule has 1 N–H and O–H groups in total. The summed E-state index contributed by atoms with van der Waals surface area (Å²) in [5.41, 5.74) is 3.85. The number of fused-ring (bicyclic) bond motifs is 1. The van der Waals surface area contributed by atoms with E-state index >= 15 is 0 Å². The van der Waals surface area contributed by atoms with Gasteiger partial charge in [0.15, 0.2) is 0 Å². The van der Waals surface area contributed by atoms with E-state index in [1.807, 2.05) is 0 Å². The zero-order valence-electron chi connectivity index (χ0n) is 12.7. The average Bonchev–Trinajstić information content (AvgIpc) is 2.63. The Labute approximate surface area is 140 Å². The van der Waals surface area contributed by atoms with Crippen molar-refractivity contribution in [3.05, 3.63) is 39.1 Å². The van der Waals surface area contributed by atoms with Crippen molar-refractivity contribution < 1.29 is 0 Å². The second-order valence-electron chi connectivity index (χ2n) is 6.14. The van der Waals surface area contributed by atoms with Crippen LogP contribution in [0.3, 0.4) is 0 Å². The molecule has 1 aromatic heterocycles. The Kier molecular flexibility index (Phi) is 4.52. The van der Waals surface area contributed by atoms with Gasteiger partial charge in [0.05, 0.1) is 11.4 Å².